The van der Waals surface area contributed by atoms with Crippen molar-refractivity contribution >= 4 is 46.9 Å². The monoisotopic (exact) mass is 649 g/mol. The zero-order chi connectivity index (χ0) is 32.4. The first-order chi connectivity index (χ1) is 21.2. The largest absolute Gasteiger partial charge is 0.253 e. The first kappa shape index (κ1) is 38.2. The maximum atomic E-state index is 5.96. The summed E-state index contributed by atoms with van der Waals surface area (Å²) in [6, 6.07) is 20.7. The Balaban J connectivity index is 0.000000234. The van der Waals surface area contributed by atoms with Crippen LogP contribution in [0.15, 0.2) is 97.1 Å². The van der Waals surface area contributed by atoms with Gasteiger partial charge >= 0.3 is 0 Å². The van der Waals surface area contributed by atoms with Crippen LogP contribution >= 0.6 is 36.0 Å². The van der Waals surface area contributed by atoms with E-state index in [0.29, 0.717) is 16.6 Å². The van der Waals surface area contributed by atoms with Gasteiger partial charge in [-0.25, -0.2) is 0 Å². The van der Waals surface area contributed by atoms with Crippen LogP contribution in [0.5, 0.6) is 0 Å². The molecule has 0 N–H and O–H groups in total. The van der Waals surface area contributed by atoms with Crippen LogP contribution in [0.25, 0.3) is 10.9 Å². The smallest absolute Gasteiger partial charge is 0.0720 e. The number of nitrogens with zero attached hydrogens (tertiary/aromatic N) is 1. The van der Waals surface area contributed by atoms with Crippen LogP contribution in [0, 0.1) is 11.3 Å². The Hall–Kier alpha value is -1.94. The number of thiol groups is 1. The third kappa shape index (κ3) is 14.9. The molecule has 1 heterocycles. The molecule has 1 nitrogen and oxygen atoms in total. The zero-order valence-corrected chi connectivity index (χ0v) is 30.4. The van der Waals surface area contributed by atoms with Gasteiger partial charge < -0.3 is 0 Å². The Labute approximate surface area is 284 Å². The van der Waals surface area contributed by atoms with E-state index in [0.717, 1.165) is 53.1 Å². The predicted molar refractivity (Wildman–Crippen MR) is 205 cm³/mol. The fourth-order valence-corrected chi connectivity index (χ4v) is 5.70. The average Bonchev–Trinajstić information content (AvgIpc) is 3.96. The number of aromatic nitrogens is 1. The Morgan fingerprint density at radius 2 is 1.66 bits per heavy atom. The fourth-order valence-electron chi connectivity index (χ4n) is 4.65. The number of hydrogen-bond donors (Lipinski definition) is 1. The fraction of sp³-hybridized carbons (Fsp3) is 0.475. The van der Waals surface area contributed by atoms with Crippen LogP contribution in [0.2, 0.25) is 5.02 Å². The number of hydrogen-bond acceptors (Lipinski definition) is 3. The molecule has 0 bridgehead atoms. The molecule has 1 atom stereocenters. The van der Waals surface area contributed by atoms with E-state index in [1.807, 2.05) is 42.1 Å². The molecular weight excluding hydrogens is 594 g/mol. The molecule has 2 aromatic carbocycles. The van der Waals surface area contributed by atoms with E-state index in [2.05, 4.69) is 107 Å². The number of pyridine rings is 1. The summed E-state index contributed by atoms with van der Waals surface area (Å²) in [6.07, 6.45) is 19.1. The SMILES string of the molecule is C1CC1.C=C/C(CCCc1ccccc1)=C(\C=C)C(C)C.CCC1(CS)CC1.CSC(C)Cc1ccc2ccc(Cl)cc2n1. The second-order valence-electron chi connectivity index (χ2n) is 12.3. The van der Waals surface area contributed by atoms with Gasteiger partial charge in [0.1, 0.15) is 0 Å². The normalized spacial score (nSPS) is 15.3. The van der Waals surface area contributed by atoms with Gasteiger partial charge in [0.15, 0.2) is 0 Å². The van der Waals surface area contributed by atoms with Crippen LogP contribution < -0.4 is 0 Å². The molecule has 3 aromatic rings. The minimum atomic E-state index is 0.521. The van der Waals surface area contributed by atoms with Crippen molar-refractivity contribution in [3.05, 3.63) is 113 Å². The zero-order valence-electron chi connectivity index (χ0n) is 28.0. The Morgan fingerprint density at radius 1 is 1.00 bits per heavy atom. The molecule has 0 saturated heterocycles. The van der Waals surface area contributed by atoms with E-state index in [4.69, 9.17) is 11.6 Å². The average molecular weight is 650 g/mol. The molecule has 0 spiro atoms. The van der Waals surface area contributed by atoms with Crippen molar-refractivity contribution in [3.8, 4) is 0 Å². The number of fused-ring (bicyclic) bond motifs is 1. The van der Waals surface area contributed by atoms with Gasteiger partial charge in [-0.1, -0.05) is 126 Å². The lowest BCUT2D eigenvalue weighted by Gasteiger charge is -2.12. The van der Waals surface area contributed by atoms with Gasteiger partial charge in [0.25, 0.3) is 0 Å². The number of thioether (sulfide) groups is 1. The standard InChI is InChI=1S/C18H24.C13H14ClNS.C6H12S.C3H6/c1-5-17(18(6-2)15(3)4)14-10-13-16-11-8-7-9-12-16;1-9(16-2)7-12-6-4-10-3-5-11(14)8-13(10)15-12;1-2-6(5-7)3-4-6;1-2-3-1/h5-9,11-12,15H,1-2,10,13-14H2,3-4H3;3-6,8-9H,7H2,1-2H3;7H,2-5H2,1H3;1-3H2/b18-17-;;;. The molecule has 0 aliphatic heterocycles. The molecule has 240 valence electrons. The maximum absolute atomic E-state index is 5.96. The van der Waals surface area contributed by atoms with Crippen LogP contribution in [0.4, 0.5) is 0 Å². The molecule has 44 heavy (non-hydrogen) atoms. The van der Waals surface area contributed by atoms with Crippen LogP contribution in [-0.2, 0) is 12.8 Å². The first-order valence-corrected chi connectivity index (χ1v) is 18.7. The summed E-state index contributed by atoms with van der Waals surface area (Å²) in [5, 5.41) is 2.49. The topological polar surface area (TPSA) is 12.9 Å². The van der Waals surface area contributed by atoms with Crippen LogP contribution in [0.1, 0.15) is 90.3 Å². The molecular formula is C40H56ClNS2. The molecule has 2 aliphatic carbocycles. The van der Waals surface area contributed by atoms with E-state index >= 15 is 0 Å². The summed E-state index contributed by atoms with van der Waals surface area (Å²) < 4.78 is 0. The lowest BCUT2D eigenvalue weighted by molar-refractivity contribution is 0.564. The number of allylic oxidation sites excluding steroid dienone is 4. The van der Waals surface area contributed by atoms with E-state index in [9.17, 15) is 0 Å². The van der Waals surface area contributed by atoms with Gasteiger partial charge in [-0.2, -0.15) is 24.4 Å². The highest BCUT2D eigenvalue weighted by Crippen LogP contribution is 2.49. The molecule has 1 unspecified atom stereocenters. The summed E-state index contributed by atoms with van der Waals surface area (Å²) in [6.45, 7) is 16.7. The highest BCUT2D eigenvalue weighted by molar-refractivity contribution is 7.99. The number of halogens is 1. The van der Waals surface area contributed by atoms with Crippen molar-refractivity contribution in [1.29, 1.82) is 0 Å². The van der Waals surface area contributed by atoms with Crippen molar-refractivity contribution in [3.63, 3.8) is 0 Å². The predicted octanol–water partition coefficient (Wildman–Crippen LogP) is 12.8. The lowest BCUT2D eigenvalue weighted by atomic mass is 9.93. The number of benzene rings is 2. The second-order valence-corrected chi connectivity index (χ2v) is 14.4. The van der Waals surface area contributed by atoms with Crippen LogP contribution in [-0.4, -0.2) is 22.2 Å². The summed E-state index contributed by atoms with van der Waals surface area (Å²) in [5.74, 6) is 1.62. The Morgan fingerprint density at radius 3 is 2.14 bits per heavy atom. The summed E-state index contributed by atoms with van der Waals surface area (Å²) in [5.41, 5.74) is 6.90. The third-order valence-electron chi connectivity index (χ3n) is 8.22. The molecule has 5 rings (SSSR count). The molecule has 2 aliphatic rings. The molecule has 0 amide bonds. The van der Waals surface area contributed by atoms with Gasteiger partial charge in [-0.15, -0.1) is 0 Å². The highest BCUT2D eigenvalue weighted by Gasteiger charge is 2.38. The van der Waals surface area contributed by atoms with Gasteiger partial charge in [0, 0.05) is 27.8 Å². The van der Waals surface area contributed by atoms with Crippen molar-refractivity contribution in [2.45, 2.75) is 97.2 Å². The summed E-state index contributed by atoms with van der Waals surface area (Å²) in [7, 11) is 0. The van der Waals surface area contributed by atoms with Gasteiger partial charge in [-0.3, -0.25) is 4.98 Å². The third-order valence-corrected chi connectivity index (χ3v) is 10.1. The molecule has 2 saturated carbocycles. The van der Waals surface area contributed by atoms with E-state index in [1.54, 1.807) is 0 Å². The summed E-state index contributed by atoms with van der Waals surface area (Å²) in [4.78, 5) is 4.63. The quantitative estimate of drug-likeness (QED) is 0.155. The molecule has 0 radical (unpaired) electrons. The van der Waals surface area contributed by atoms with E-state index in [1.165, 1.54) is 55.2 Å². The lowest BCUT2D eigenvalue weighted by Crippen LogP contribution is -2.02. The van der Waals surface area contributed by atoms with E-state index < -0.39 is 0 Å². The van der Waals surface area contributed by atoms with Crippen molar-refractivity contribution in [1.82, 2.24) is 4.98 Å². The van der Waals surface area contributed by atoms with Crippen molar-refractivity contribution in [2.75, 3.05) is 12.0 Å². The number of aryl methyl sites for hydroxylation is 1. The highest BCUT2D eigenvalue weighted by atomic mass is 35.5. The van der Waals surface area contributed by atoms with Crippen LogP contribution in [0.3, 0.4) is 0 Å². The summed E-state index contributed by atoms with van der Waals surface area (Å²) >= 11 is 12.1. The first-order valence-electron chi connectivity index (χ1n) is 16.4. The van der Waals surface area contributed by atoms with Gasteiger partial charge in [-0.05, 0) is 96.8 Å². The number of rotatable bonds is 12. The maximum Gasteiger partial charge on any atom is 0.0720 e. The molecule has 4 heteroatoms. The Kier molecular flexibility index (Phi) is 18.2. The van der Waals surface area contributed by atoms with Gasteiger partial charge in [0.2, 0.25) is 0 Å². The second kappa shape index (κ2) is 21.0. The van der Waals surface area contributed by atoms with E-state index in [-0.39, 0.29) is 0 Å². The minimum absolute atomic E-state index is 0.521. The molecule has 1 aromatic heterocycles. The minimum Gasteiger partial charge on any atom is -0.253 e. The molecule has 2 fully saturated rings. The van der Waals surface area contributed by atoms with Gasteiger partial charge in [0.05, 0.1) is 5.52 Å². The Bertz CT molecular complexity index is 1280. The van der Waals surface area contributed by atoms with Crippen molar-refractivity contribution in [2.24, 2.45) is 11.3 Å². The van der Waals surface area contributed by atoms with Crippen molar-refractivity contribution < 1.29 is 0 Å².